The average molecular weight is 280 g/mol. The molecule has 0 saturated carbocycles. The lowest BCUT2D eigenvalue weighted by Crippen LogP contribution is -2.21. The topological polar surface area (TPSA) is 42.1 Å². The Morgan fingerprint density at radius 3 is 3.12 bits per heavy atom. The van der Waals surface area contributed by atoms with Crippen LogP contribution < -0.4 is 5.43 Å². The molecule has 1 N–H and O–H groups in total. The SMILES string of the molecule is O=c1c2c([nH]c3ccc(Br)cc13)CCOC2. The Balaban J connectivity index is 2.40. The number of pyridine rings is 1. The summed E-state index contributed by atoms with van der Waals surface area (Å²) in [5.41, 5.74) is 2.78. The Morgan fingerprint density at radius 2 is 2.25 bits per heavy atom. The summed E-state index contributed by atoms with van der Waals surface area (Å²) in [6.45, 7) is 1.11. The van der Waals surface area contributed by atoms with Crippen LogP contribution in [0.2, 0.25) is 0 Å². The van der Waals surface area contributed by atoms with E-state index < -0.39 is 0 Å². The van der Waals surface area contributed by atoms with Crippen molar-refractivity contribution < 1.29 is 4.74 Å². The highest BCUT2D eigenvalue weighted by Crippen LogP contribution is 2.19. The van der Waals surface area contributed by atoms with Crippen molar-refractivity contribution in [3.8, 4) is 0 Å². The van der Waals surface area contributed by atoms with Crippen LogP contribution in [0.4, 0.5) is 0 Å². The molecule has 0 saturated heterocycles. The molecule has 1 aliphatic heterocycles. The van der Waals surface area contributed by atoms with Crippen LogP contribution in [0.25, 0.3) is 10.9 Å². The Bertz CT molecular complexity index is 618. The fraction of sp³-hybridized carbons (Fsp3) is 0.250. The van der Waals surface area contributed by atoms with Crippen molar-refractivity contribution in [3.63, 3.8) is 0 Å². The summed E-state index contributed by atoms with van der Waals surface area (Å²) >= 11 is 3.38. The van der Waals surface area contributed by atoms with Gasteiger partial charge in [0.1, 0.15) is 0 Å². The third kappa shape index (κ3) is 1.49. The van der Waals surface area contributed by atoms with Gasteiger partial charge in [0, 0.05) is 33.1 Å². The van der Waals surface area contributed by atoms with Gasteiger partial charge >= 0.3 is 0 Å². The number of aromatic amines is 1. The van der Waals surface area contributed by atoms with Crippen LogP contribution in [0.3, 0.4) is 0 Å². The minimum absolute atomic E-state index is 0.0877. The number of ether oxygens (including phenoxy) is 1. The number of hydrogen-bond acceptors (Lipinski definition) is 2. The molecule has 0 aliphatic carbocycles. The summed E-state index contributed by atoms with van der Waals surface area (Å²) in [6, 6.07) is 5.71. The van der Waals surface area contributed by atoms with Gasteiger partial charge < -0.3 is 9.72 Å². The first kappa shape index (κ1) is 10.1. The summed E-state index contributed by atoms with van der Waals surface area (Å²) in [5.74, 6) is 0. The fourth-order valence-corrected chi connectivity index (χ4v) is 2.43. The summed E-state index contributed by atoms with van der Waals surface area (Å²) in [5, 5.41) is 0.721. The van der Waals surface area contributed by atoms with Gasteiger partial charge in [0.15, 0.2) is 5.43 Å². The van der Waals surface area contributed by atoms with Crippen LogP contribution in [0.1, 0.15) is 11.3 Å². The summed E-state index contributed by atoms with van der Waals surface area (Å²) in [4.78, 5) is 15.5. The van der Waals surface area contributed by atoms with Crippen LogP contribution in [-0.2, 0) is 17.8 Å². The smallest absolute Gasteiger partial charge is 0.195 e. The molecule has 0 bridgehead atoms. The highest BCUT2D eigenvalue weighted by molar-refractivity contribution is 9.10. The molecule has 1 aliphatic rings. The van der Waals surface area contributed by atoms with Crippen molar-refractivity contribution in [1.82, 2.24) is 4.98 Å². The number of rotatable bonds is 0. The van der Waals surface area contributed by atoms with Crippen LogP contribution in [0.5, 0.6) is 0 Å². The van der Waals surface area contributed by atoms with Crippen LogP contribution in [-0.4, -0.2) is 11.6 Å². The summed E-state index contributed by atoms with van der Waals surface area (Å²) in [6.07, 6.45) is 0.788. The largest absolute Gasteiger partial charge is 0.376 e. The Labute approximate surface area is 101 Å². The Kier molecular flexibility index (Phi) is 2.33. The second-order valence-corrected chi connectivity index (χ2v) is 4.82. The first-order chi connectivity index (χ1) is 7.75. The zero-order chi connectivity index (χ0) is 11.1. The maximum absolute atomic E-state index is 12.2. The molecule has 1 aromatic carbocycles. The molecule has 82 valence electrons. The van der Waals surface area contributed by atoms with E-state index in [2.05, 4.69) is 20.9 Å². The maximum Gasteiger partial charge on any atom is 0.195 e. The van der Waals surface area contributed by atoms with E-state index in [4.69, 9.17) is 4.74 Å². The number of hydrogen-bond donors (Lipinski definition) is 1. The van der Waals surface area contributed by atoms with Crippen molar-refractivity contribution in [2.75, 3.05) is 6.61 Å². The molecule has 0 spiro atoms. The van der Waals surface area contributed by atoms with Gasteiger partial charge in [0.05, 0.1) is 13.2 Å². The molecule has 0 fully saturated rings. The molecule has 0 radical (unpaired) electrons. The lowest BCUT2D eigenvalue weighted by molar-refractivity contribution is 0.109. The number of fused-ring (bicyclic) bond motifs is 2. The van der Waals surface area contributed by atoms with E-state index in [9.17, 15) is 4.79 Å². The molecule has 1 aromatic heterocycles. The molecule has 3 rings (SSSR count). The monoisotopic (exact) mass is 279 g/mol. The minimum Gasteiger partial charge on any atom is -0.376 e. The summed E-state index contributed by atoms with van der Waals surface area (Å²) in [7, 11) is 0. The van der Waals surface area contributed by atoms with Crippen molar-refractivity contribution in [1.29, 1.82) is 0 Å². The molecule has 16 heavy (non-hydrogen) atoms. The molecule has 0 amide bonds. The van der Waals surface area contributed by atoms with E-state index in [1.807, 2.05) is 18.2 Å². The van der Waals surface area contributed by atoms with Gasteiger partial charge in [-0.05, 0) is 18.2 Å². The standard InChI is InChI=1S/C12H10BrNO2/c13-7-1-2-10-8(5-7)12(15)9-6-16-4-3-11(9)14-10/h1-2,5H,3-4,6H2,(H,14,15). The number of aromatic nitrogens is 1. The quantitative estimate of drug-likeness (QED) is 0.805. The van der Waals surface area contributed by atoms with Crippen LogP contribution in [0.15, 0.2) is 27.5 Å². The van der Waals surface area contributed by atoms with Crippen LogP contribution >= 0.6 is 15.9 Å². The number of nitrogens with one attached hydrogen (secondary N) is 1. The first-order valence-electron chi connectivity index (χ1n) is 5.17. The predicted octanol–water partition coefficient (Wildman–Crippen LogP) is 2.36. The molecule has 3 nitrogen and oxygen atoms in total. The molecule has 4 heteroatoms. The van der Waals surface area contributed by atoms with E-state index in [0.717, 1.165) is 33.1 Å². The van der Waals surface area contributed by atoms with E-state index >= 15 is 0 Å². The molecule has 2 heterocycles. The fourth-order valence-electron chi connectivity index (χ4n) is 2.07. The van der Waals surface area contributed by atoms with Gasteiger partial charge in [-0.25, -0.2) is 0 Å². The van der Waals surface area contributed by atoms with Crippen molar-refractivity contribution in [3.05, 3.63) is 44.2 Å². The van der Waals surface area contributed by atoms with Crippen molar-refractivity contribution in [2.45, 2.75) is 13.0 Å². The predicted molar refractivity (Wildman–Crippen MR) is 65.6 cm³/mol. The molecule has 0 atom stereocenters. The molecule has 2 aromatic rings. The van der Waals surface area contributed by atoms with Crippen LogP contribution in [0, 0.1) is 0 Å². The zero-order valence-electron chi connectivity index (χ0n) is 8.55. The summed E-state index contributed by atoms with van der Waals surface area (Å²) < 4.78 is 6.24. The van der Waals surface area contributed by atoms with E-state index in [1.54, 1.807) is 0 Å². The van der Waals surface area contributed by atoms with Gasteiger partial charge in [-0.15, -0.1) is 0 Å². The molecule has 0 unspecified atom stereocenters. The maximum atomic E-state index is 12.2. The lowest BCUT2D eigenvalue weighted by Gasteiger charge is -2.16. The van der Waals surface area contributed by atoms with E-state index in [1.165, 1.54) is 0 Å². The minimum atomic E-state index is 0.0877. The van der Waals surface area contributed by atoms with Crippen molar-refractivity contribution >= 4 is 26.8 Å². The molecular weight excluding hydrogens is 270 g/mol. The Hall–Kier alpha value is -1.13. The van der Waals surface area contributed by atoms with Gasteiger partial charge in [0.2, 0.25) is 0 Å². The third-order valence-electron chi connectivity index (χ3n) is 2.89. The first-order valence-corrected chi connectivity index (χ1v) is 5.96. The normalized spacial score (nSPS) is 15.1. The van der Waals surface area contributed by atoms with Crippen molar-refractivity contribution in [2.24, 2.45) is 0 Å². The van der Waals surface area contributed by atoms with Gasteiger partial charge in [0.25, 0.3) is 0 Å². The lowest BCUT2D eigenvalue weighted by atomic mass is 10.1. The van der Waals surface area contributed by atoms with Gasteiger partial charge in [-0.1, -0.05) is 15.9 Å². The third-order valence-corrected chi connectivity index (χ3v) is 3.39. The molecular formula is C12H10BrNO2. The second kappa shape index (κ2) is 3.71. The Morgan fingerprint density at radius 1 is 1.38 bits per heavy atom. The average Bonchev–Trinajstić information content (AvgIpc) is 2.31. The van der Waals surface area contributed by atoms with Gasteiger partial charge in [-0.2, -0.15) is 0 Å². The second-order valence-electron chi connectivity index (χ2n) is 3.90. The number of halogens is 1. The number of benzene rings is 1. The number of H-pyrrole nitrogens is 1. The van der Waals surface area contributed by atoms with Gasteiger partial charge in [-0.3, -0.25) is 4.79 Å². The van der Waals surface area contributed by atoms with E-state index in [-0.39, 0.29) is 5.43 Å². The van der Waals surface area contributed by atoms with E-state index in [0.29, 0.717) is 13.2 Å². The highest BCUT2D eigenvalue weighted by Gasteiger charge is 2.15. The zero-order valence-corrected chi connectivity index (χ0v) is 10.1. The highest BCUT2D eigenvalue weighted by atomic mass is 79.9.